The zero-order valence-electron chi connectivity index (χ0n) is 12.8. The lowest BCUT2D eigenvalue weighted by Crippen LogP contribution is -1.93. The first-order valence-corrected chi connectivity index (χ1v) is 8.78. The Morgan fingerprint density at radius 1 is 0.640 bits per heavy atom. The standard InChI is InChI=1S/C16H12N6OS2/c1-5-15(6-2-13(1)21-11-17-9-19-21)24-23-25-16-7-3-14(4-8-16)22-12-18-10-20-22/h1-12H. The minimum absolute atomic E-state index is 0.957. The Labute approximate surface area is 152 Å². The van der Waals surface area contributed by atoms with Crippen LogP contribution < -0.4 is 0 Å². The molecular formula is C16H12N6OS2. The third-order valence-electron chi connectivity index (χ3n) is 3.30. The zero-order valence-corrected chi connectivity index (χ0v) is 14.5. The van der Waals surface area contributed by atoms with Gasteiger partial charge < -0.3 is 0 Å². The molecule has 0 spiro atoms. The van der Waals surface area contributed by atoms with Crippen LogP contribution in [-0.4, -0.2) is 29.5 Å². The summed E-state index contributed by atoms with van der Waals surface area (Å²) < 4.78 is 9.05. The van der Waals surface area contributed by atoms with Crippen molar-refractivity contribution in [2.24, 2.45) is 0 Å². The molecule has 124 valence electrons. The van der Waals surface area contributed by atoms with E-state index in [2.05, 4.69) is 20.2 Å². The molecule has 0 saturated carbocycles. The summed E-state index contributed by atoms with van der Waals surface area (Å²) in [5, 5.41) is 8.19. The lowest BCUT2D eigenvalue weighted by molar-refractivity contribution is 0.756. The Morgan fingerprint density at radius 3 is 1.44 bits per heavy atom. The molecule has 9 heteroatoms. The van der Waals surface area contributed by atoms with Crippen LogP contribution in [0.1, 0.15) is 0 Å². The first-order valence-electron chi connectivity index (χ1n) is 7.30. The molecule has 2 heterocycles. The second-order valence-corrected chi connectivity index (χ2v) is 6.72. The van der Waals surface area contributed by atoms with Gasteiger partial charge in [-0.15, -0.1) is 0 Å². The van der Waals surface area contributed by atoms with Gasteiger partial charge in [0, 0.05) is 33.9 Å². The van der Waals surface area contributed by atoms with Crippen LogP contribution in [0.15, 0.2) is 83.6 Å². The Balaban J connectivity index is 1.31. The maximum Gasteiger partial charge on any atom is 0.138 e. The minimum atomic E-state index is 0.957. The van der Waals surface area contributed by atoms with Gasteiger partial charge in [0.2, 0.25) is 0 Å². The van der Waals surface area contributed by atoms with Crippen molar-refractivity contribution in [1.29, 1.82) is 0 Å². The van der Waals surface area contributed by atoms with E-state index >= 15 is 0 Å². The third kappa shape index (κ3) is 3.90. The van der Waals surface area contributed by atoms with Crippen molar-refractivity contribution in [2.75, 3.05) is 0 Å². The van der Waals surface area contributed by atoms with Crippen molar-refractivity contribution in [3.05, 3.63) is 73.8 Å². The first kappa shape index (κ1) is 15.9. The highest BCUT2D eigenvalue weighted by Crippen LogP contribution is 2.30. The van der Waals surface area contributed by atoms with Gasteiger partial charge in [0.1, 0.15) is 25.3 Å². The fourth-order valence-corrected chi connectivity index (χ4v) is 3.35. The molecule has 0 saturated heterocycles. The predicted molar refractivity (Wildman–Crippen MR) is 95.5 cm³/mol. The largest absolute Gasteiger partial charge is 0.237 e. The van der Waals surface area contributed by atoms with Crippen LogP contribution in [0.2, 0.25) is 0 Å². The zero-order chi connectivity index (χ0) is 16.9. The average Bonchev–Trinajstić information content (AvgIpc) is 3.37. The van der Waals surface area contributed by atoms with E-state index in [0.29, 0.717) is 0 Å². The van der Waals surface area contributed by atoms with Crippen LogP contribution in [0.3, 0.4) is 0 Å². The second kappa shape index (κ2) is 7.51. The molecule has 0 radical (unpaired) electrons. The SMILES string of the molecule is c1ncn(-c2ccc(SOSc3ccc(-n4cncn4)cc3)cc2)n1. The van der Waals surface area contributed by atoms with Gasteiger partial charge in [0.05, 0.1) is 11.4 Å². The highest BCUT2D eigenvalue weighted by atomic mass is 32.2. The quantitative estimate of drug-likeness (QED) is 0.482. The van der Waals surface area contributed by atoms with Crippen molar-refractivity contribution in [1.82, 2.24) is 29.5 Å². The maximum atomic E-state index is 5.63. The Hall–Kier alpha value is -2.62. The molecule has 0 amide bonds. The molecular weight excluding hydrogens is 356 g/mol. The molecule has 0 bridgehead atoms. The summed E-state index contributed by atoms with van der Waals surface area (Å²) in [5.41, 5.74) is 1.91. The molecule has 2 aromatic carbocycles. The number of hydrogen-bond donors (Lipinski definition) is 0. The lowest BCUT2D eigenvalue weighted by atomic mass is 10.3. The number of hydrogen-bond acceptors (Lipinski definition) is 7. The number of benzene rings is 2. The first-order chi connectivity index (χ1) is 12.4. The molecule has 0 aliphatic heterocycles. The summed E-state index contributed by atoms with van der Waals surface area (Å²) >= 11 is 2.63. The van der Waals surface area contributed by atoms with Gasteiger partial charge in [-0.25, -0.2) is 23.0 Å². The van der Waals surface area contributed by atoms with Crippen molar-refractivity contribution in [2.45, 2.75) is 9.79 Å². The van der Waals surface area contributed by atoms with E-state index in [1.807, 2.05) is 48.5 Å². The summed E-state index contributed by atoms with van der Waals surface area (Å²) in [6.45, 7) is 0. The van der Waals surface area contributed by atoms with Crippen molar-refractivity contribution in [3.8, 4) is 11.4 Å². The Morgan fingerprint density at radius 2 is 1.08 bits per heavy atom. The molecule has 4 rings (SSSR count). The molecule has 25 heavy (non-hydrogen) atoms. The van der Waals surface area contributed by atoms with E-state index in [1.54, 1.807) is 22.0 Å². The van der Waals surface area contributed by atoms with Gasteiger partial charge in [0.25, 0.3) is 0 Å². The lowest BCUT2D eigenvalue weighted by Gasteiger charge is -2.04. The Bertz CT molecular complexity index is 831. The van der Waals surface area contributed by atoms with Crippen molar-refractivity contribution >= 4 is 24.1 Å². The van der Waals surface area contributed by atoms with Gasteiger partial charge in [-0.05, 0) is 48.5 Å². The van der Waals surface area contributed by atoms with Gasteiger partial charge in [-0.1, -0.05) is 0 Å². The molecule has 0 fully saturated rings. The van der Waals surface area contributed by atoms with Gasteiger partial charge in [0.15, 0.2) is 0 Å². The fourth-order valence-electron chi connectivity index (χ4n) is 2.09. The van der Waals surface area contributed by atoms with Gasteiger partial charge >= 0.3 is 0 Å². The molecule has 2 aromatic heterocycles. The highest BCUT2D eigenvalue weighted by Gasteiger charge is 2.02. The van der Waals surface area contributed by atoms with Gasteiger partial charge in [-0.3, -0.25) is 0 Å². The van der Waals surface area contributed by atoms with E-state index in [4.69, 9.17) is 3.63 Å². The van der Waals surface area contributed by atoms with Crippen LogP contribution in [0.25, 0.3) is 11.4 Å². The maximum absolute atomic E-state index is 5.63. The summed E-state index contributed by atoms with van der Waals surface area (Å²) in [6, 6.07) is 15.8. The number of aromatic nitrogens is 6. The molecule has 0 aliphatic rings. The average molecular weight is 368 g/mol. The van der Waals surface area contributed by atoms with Crippen molar-refractivity contribution < 1.29 is 3.63 Å². The van der Waals surface area contributed by atoms with E-state index in [9.17, 15) is 0 Å². The Kier molecular flexibility index (Phi) is 4.77. The molecule has 0 atom stereocenters. The van der Waals surface area contributed by atoms with Crippen molar-refractivity contribution in [3.63, 3.8) is 0 Å². The third-order valence-corrected chi connectivity index (χ3v) is 4.77. The number of nitrogens with zero attached hydrogens (tertiary/aromatic N) is 6. The summed E-state index contributed by atoms with van der Waals surface area (Å²) in [7, 11) is 0. The van der Waals surface area contributed by atoms with Crippen LogP contribution in [0, 0.1) is 0 Å². The highest BCUT2D eigenvalue weighted by molar-refractivity contribution is 8.07. The smallest absolute Gasteiger partial charge is 0.138 e. The van der Waals surface area contributed by atoms with Crippen LogP contribution in [0.4, 0.5) is 0 Å². The summed E-state index contributed by atoms with van der Waals surface area (Å²) in [5.74, 6) is 0. The summed E-state index contributed by atoms with van der Waals surface area (Å²) in [4.78, 5) is 9.89. The number of rotatable bonds is 6. The molecule has 0 N–H and O–H groups in total. The fraction of sp³-hybridized carbons (Fsp3) is 0. The normalized spacial score (nSPS) is 10.9. The van der Waals surface area contributed by atoms with Crippen LogP contribution in [-0.2, 0) is 3.63 Å². The predicted octanol–water partition coefficient (Wildman–Crippen LogP) is 3.58. The van der Waals surface area contributed by atoms with Crippen LogP contribution >= 0.6 is 24.1 Å². The van der Waals surface area contributed by atoms with E-state index < -0.39 is 0 Å². The molecule has 0 aliphatic carbocycles. The monoisotopic (exact) mass is 368 g/mol. The molecule has 0 unspecified atom stereocenters. The topological polar surface area (TPSA) is 70.7 Å². The van der Waals surface area contributed by atoms with E-state index in [0.717, 1.165) is 21.2 Å². The van der Waals surface area contributed by atoms with E-state index in [-0.39, 0.29) is 0 Å². The molecule has 4 aromatic rings. The van der Waals surface area contributed by atoms with Crippen LogP contribution in [0.5, 0.6) is 0 Å². The van der Waals surface area contributed by atoms with Gasteiger partial charge in [-0.2, -0.15) is 10.2 Å². The summed E-state index contributed by atoms with van der Waals surface area (Å²) in [6.07, 6.45) is 6.35. The van der Waals surface area contributed by atoms with E-state index in [1.165, 1.54) is 36.7 Å². The second-order valence-electron chi connectivity index (χ2n) is 4.90. The minimum Gasteiger partial charge on any atom is -0.237 e. The molecule has 7 nitrogen and oxygen atoms in total.